The maximum Gasteiger partial charge on any atom is 0.167 e. The zero-order chi connectivity index (χ0) is 16.2. The summed E-state index contributed by atoms with van der Waals surface area (Å²) < 4.78 is 11.6. The largest absolute Gasteiger partial charge is 0.492 e. The fourth-order valence-electron chi connectivity index (χ4n) is 3.40. The van der Waals surface area contributed by atoms with E-state index < -0.39 is 0 Å². The molecular weight excluding hydrogens is 288 g/mol. The van der Waals surface area contributed by atoms with E-state index in [2.05, 4.69) is 36.0 Å². The third kappa shape index (κ3) is 3.42. The van der Waals surface area contributed by atoms with Crippen molar-refractivity contribution in [3.63, 3.8) is 0 Å². The summed E-state index contributed by atoms with van der Waals surface area (Å²) in [7, 11) is 0. The van der Waals surface area contributed by atoms with Crippen molar-refractivity contribution in [2.75, 3.05) is 19.7 Å². The van der Waals surface area contributed by atoms with Crippen molar-refractivity contribution < 1.29 is 9.26 Å². The third-order valence-corrected chi connectivity index (χ3v) is 4.44. The molecule has 2 heterocycles. The molecule has 0 bridgehead atoms. The van der Waals surface area contributed by atoms with Gasteiger partial charge in [0.25, 0.3) is 0 Å². The molecule has 3 rings (SSSR count). The van der Waals surface area contributed by atoms with E-state index in [1.165, 1.54) is 18.4 Å². The molecule has 1 unspecified atom stereocenters. The number of fused-ring (bicyclic) bond motifs is 1. The van der Waals surface area contributed by atoms with Crippen molar-refractivity contribution in [1.82, 2.24) is 10.1 Å². The molecule has 0 spiro atoms. The van der Waals surface area contributed by atoms with Crippen LogP contribution in [0.4, 0.5) is 0 Å². The van der Waals surface area contributed by atoms with E-state index >= 15 is 0 Å². The summed E-state index contributed by atoms with van der Waals surface area (Å²) in [6, 6.07) is 8.63. The molecule has 4 heteroatoms. The van der Waals surface area contributed by atoms with E-state index in [0.717, 1.165) is 48.9 Å². The van der Waals surface area contributed by atoms with Crippen molar-refractivity contribution in [3.05, 3.63) is 35.5 Å². The van der Waals surface area contributed by atoms with Gasteiger partial charge in [0.2, 0.25) is 0 Å². The minimum Gasteiger partial charge on any atom is -0.492 e. The molecular formula is C19H26N2O2. The van der Waals surface area contributed by atoms with E-state index in [4.69, 9.17) is 9.26 Å². The van der Waals surface area contributed by atoms with Gasteiger partial charge in [-0.25, -0.2) is 0 Å². The highest BCUT2D eigenvalue weighted by atomic mass is 16.5. The Morgan fingerprint density at radius 1 is 1.22 bits per heavy atom. The Balaban J connectivity index is 1.89. The molecule has 1 aliphatic heterocycles. The lowest BCUT2D eigenvalue weighted by Crippen LogP contribution is -2.44. The summed E-state index contributed by atoms with van der Waals surface area (Å²) in [5.41, 5.74) is 3.27. The Labute approximate surface area is 138 Å². The van der Waals surface area contributed by atoms with Crippen LogP contribution in [0.2, 0.25) is 0 Å². The van der Waals surface area contributed by atoms with Crippen LogP contribution in [0.15, 0.2) is 28.8 Å². The van der Waals surface area contributed by atoms with Gasteiger partial charge in [0.1, 0.15) is 12.4 Å². The van der Waals surface area contributed by atoms with E-state index in [-0.39, 0.29) is 0 Å². The van der Waals surface area contributed by atoms with Crippen LogP contribution in [0.3, 0.4) is 0 Å². The number of aryl methyl sites for hydroxylation is 1. The van der Waals surface area contributed by atoms with Crippen molar-refractivity contribution in [2.24, 2.45) is 0 Å². The smallest absolute Gasteiger partial charge is 0.167 e. The molecule has 0 amide bonds. The van der Waals surface area contributed by atoms with Gasteiger partial charge in [0, 0.05) is 23.2 Å². The van der Waals surface area contributed by atoms with Gasteiger partial charge in [-0.15, -0.1) is 0 Å². The van der Waals surface area contributed by atoms with Crippen LogP contribution >= 0.6 is 0 Å². The molecule has 124 valence electrons. The van der Waals surface area contributed by atoms with Crippen LogP contribution in [0, 0.1) is 6.92 Å². The minimum absolute atomic E-state index is 0.438. The third-order valence-electron chi connectivity index (χ3n) is 4.44. The number of rotatable bonds is 6. The predicted molar refractivity (Wildman–Crippen MR) is 91.8 cm³/mol. The second kappa shape index (κ2) is 7.18. The second-order valence-corrected chi connectivity index (χ2v) is 6.32. The van der Waals surface area contributed by atoms with Crippen LogP contribution in [-0.2, 0) is 6.42 Å². The first-order chi connectivity index (χ1) is 11.2. The Kier molecular flexibility index (Phi) is 5.01. The Morgan fingerprint density at radius 3 is 2.65 bits per heavy atom. The lowest BCUT2D eigenvalue weighted by molar-refractivity contribution is 0.119. The molecule has 23 heavy (non-hydrogen) atoms. The highest BCUT2D eigenvalue weighted by Crippen LogP contribution is 2.35. The fraction of sp³-hybridized carbons (Fsp3) is 0.526. The zero-order valence-electron chi connectivity index (χ0n) is 14.3. The van der Waals surface area contributed by atoms with Crippen LogP contribution in [-0.4, -0.2) is 35.8 Å². The maximum atomic E-state index is 6.07. The molecule has 1 atom stereocenters. The first kappa shape index (κ1) is 16.1. The molecule has 1 aliphatic rings. The van der Waals surface area contributed by atoms with Gasteiger partial charge in [-0.1, -0.05) is 31.1 Å². The van der Waals surface area contributed by atoms with Crippen molar-refractivity contribution in [3.8, 4) is 17.1 Å². The lowest BCUT2D eigenvalue weighted by Gasteiger charge is -2.35. The van der Waals surface area contributed by atoms with Crippen molar-refractivity contribution in [2.45, 2.75) is 46.1 Å². The molecule has 0 aliphatic carbocycles. The Bertz CT molecular complexity index is 645. The topological polar surface area (TPSA) is 38.5 Å². The molecule has 0 saturated heterocycles. The summed E-state index contributed by atoms with van der Waals surface area (Å²) >= 11 is 0. The number of benzene rings is 1. The van der Waals surface area contributed by atoms with Gasteiger partial charge in [-0.3, -0.25) is 4.90 Å². The second-order valence-electron chi connectivity index (χ2n) is 6.32. The van der Waals surface area contributed by atoms with E-state index in [1.807, 2.05) is 19.1 Å². The van der Waals surface area contributed by atoms with Gasteiger partial charge >= 0.3 is 0 Å². The van der Waals surface area contributed by atoms with Gasteiger partial charge in [0.15, 0.2) is 5.76 Å². The molecule has 4 nitrogen and oxygen atoms in total. The maximum absolute atomic E-state index is 6.07. The average Bonchev–Trinajstić information content (AvgIpc) is 3.00. The fourth-order valence-corrected chi connectivity index (χ4v) is 3.40. The number of hydrogen-bond acceptors (Lipinski definition) is 4. The van der Waals surface area contributed by atoms with E-state index in [0.29, 0.717) is 6.04 Å². The van der Waals surface area contributed by atoms with Crippen LogP contribution in [0.25, 0.3) is 11.3 Å². The number of aromatic nitrogens is 1. The zero-order valence-corrected chi connectivity index (χ0v) is 14.3. The molecule has 0 fully saturated rings. The van der Waals surface area contributed by atoms with Gasteiger partial charge in [0.05, 0.1) is 5.69 Å². The highest BCUT2D eigenvalue weighted by Gasteiger charge is 2.27. The first-order valence-electron chi connectivity index (χ1n) is 8.65. The summed E-state index contributed by atoms with van der Waals surface area (Å²) in [6.45, 7) is 9.45. The van der Waals surface area contributed by atoms with Gasteiger partial charge in [-0.05, 0) is 45.3 Å². The van der Waals surface area contributed by atoms with Gasteiger partial charge < -0.3 is 9.26 Å². The molecule has 1 aromatic carbocycles. The van der Waals surface area contributed by atoms with Crippen LogP contribution < -0.4 is 4.74 Å². The summed E-state index contributed by atoms with van der Waals surface area (Å²) in [5, 5.41) is 4.03. The quantitative estimate of drug-likeness (QED) is 0.805. The predicted octanol–water partition coefficient (Wildman–Crippen LogP) is 4.08. The van der Waals surface area contributed by atoms with E-state index in [9.17, 15) is 0 Å². The van der Waals surface area contributed by atoms with Crippen molar-refractivity contribution >= 4 is 0 Å². The lowest BCUT2D eigenvalue weighted by atomic mass is 9.94. The minimum atomic E-state index is 0.438. The summed E-state index contributed by atoms with van der Waals surface area (Å²) in [6.07, 6.45) is 3.35. The standard InChI is InChI=1S/C19H26N2O2/c1-4-9-21(10-5-2)15-12-17-16(19-11-14(3)20-23-19)7-6-8-18(17)22-13-15/h6-8,11,15H,4-5,9-10,12-13H2,1-3H3. The Hall–Kier alpha value is -1.81. The molecule has 0 radical (unpaired) electrons. The number of hydrogen-bond donors (Lipinski definition) is 0. The SMILES string of the molecule is CCCN(CCC)C1COc2cccc(-c3cc(C)no3)c2C1. The normalized spacial score (nSPS) is 17.1. The van der Waals surface area contributed by atoms with Gasteiger partial charge in [-0.2, -0.15) is 0 Å². The molecule has 0 saturated carbocycles. The van der Waals surface area contributed by atoms with E-state index in [1.54, 1.807) is 0 Å². The van der Waals surface area contributed by atoms with Crippen molar-refractivity contribution in [1.29, 1.82) is 0 Å². The molecule has 2 aromatic rings. The average molecular weight is 314 g/mol. The number of ether oxygens (including phenoxy) is 1. The first-order valence-corrected chi connectivity index (χ1v) is 8.65. The Morgan fingerprint density at radius 2 is 2.00 bits per heavy atom. The number of nitrogens with zero attached hydrogens (tertiary/aromatic N) is 2. The summed E-state index contributed by atoms with van der Waals surface area (Å²) in [5.74, 6) is 1.82. The highest BCUT2D eigenvalue weighted by molar-refractivity contribution is 5.66. The summed E-state index contributed by atoms with van der Waals surface area (Å²) in [4.78, 5) is 2.56. The monoisotopic (exact) mass is 314 g/mol. The van der Waals surface area contributed by atoms with Crippen LogP contribution in [0.5, 0.6) is 5.75 Å². The van der Waals surface area contributed by atoms with Crippen LogP contribution in [0.1, 0.15) is 37.9 Å². The molecule has 1 aromatic heterocycles. The molecule has 0 N–H and O–H groups in total.